The van der Waals surface area contributed by atoms with Gasteiger partial charge in [-0.25, -0.2) is 0 Å². The van der Waals surface area contributed by atoms with Crippen LogP contribution < -0.4 is 11.1 Å². The van der Waals surface area contributed by atoms with E-state index in [0.717, 1.165) is 18.4 Å². The van der Waals surface area contributed by atoms with Gasteiger partial charge in [-0.05, 0) is 49.9 Å². The van der Waals surface area contributed by atoms with Gasteiger partial charge in [-0.15, -0.1) is 0 Å². The summed E-state index contributed by atoms with van der Waals surface area (Å²) in [6.45, 7) is 5.24. The predicted octanol–water partition coefficient (Wildman–Crippen LogP) is 1.81. The number of carbonyl (C=O) groups is 1. The van der Waals surface area contributed by atoms with Gasteiger partial charge in [-0.3, -0.25) is 4.79 Å². The molecule has 100 valence electrons. The molecule has 4 heteroatoms. The maximum absolute atomic E-state index is 11.8. The molecule has 0 fully saturated rings. The molecule has 1 atom stereocenters. The molecule has 0 spiro atoms. The van der Waals surface area contributed by atoms with Crippen molar-refractivity contribution in [3.63, 3.8) is 0 Å². The van der Waals surface area contributed by atoms with Gasteiger partial charge < -0.3 is 16.2 Å². The van der Waals surface area contributed by atoms with Crippen LogP contribution in [0.3, 0.4) is 0 Å². The zero-order valence-corrected chi connectivity index (χ0v) is 11.1. The molecule has 0 aliphatic carbocycles. The van der Waals surface area contributed by atoms with Gasteiger partial charge in [0.2, 0.25) is 0 Å². The molecule has 1 unspecified atom stereocenters. The monoisotopic (exact) mass is 250 g/mol. The molecule has 1 amide bonds. The topological polar surface area (TPSA) is 75.4 Å². The molecule has 4 nitrogen and oxygen atoms in total. The summed E-state index contributed by atoms with van der Waals surface area (Å²) >= 11 is 0. The summed E-state index contributed by atoms with van der Waals surface area (Å²) in [6, 6.07) is 5.04. The summed E-state index contributed by atoms with van der Waals surface area (Å²) in [5.74, 6) is 0.283. The Morgan fingerprint density at radius 3 is 2.83 bits per heavy atom. The highest BCUT2D eigenvalue weighted by molar-refractivity contribution is 5.96. The van der Waals surface area contributed by atoms with E-state index in [1.165, 1.54) is 0 Å². The number of benzene rings is 1. The highest BCUT2D eigenvalue weighted by Crippen LogP contribution is 2.18. The Hall–Kier alpha value is -1.55. The average molecular weight is 250 g/mol. The smallest absolute Gasteiger partial charge is 0.255 e. The van der Waals surface area contributed by atoms with Crippen LogP contribution in [0.25, 0.3) is 0 Å². The number of hydrogen-bond acceptors (Lipinski definition) is 3. The number of rotatable bonds is 6. The number of phenolic OH excluding ortho intramolecular Hbond substituents is 1. The lowest BCUT2D eigenvalue weighted by atomic mass is 10.1. The SMILES string of the molecule is Cc1ccc(C(=O)NCCCC(C)CN)c(O)c1. The molecule has 1 aromatic rings. The fraction of sp³-hybridized carbons (Fsp3) is 0.500. The fourth-order valence-electron chi connectivity index (χ4n) is 1.70. The molecule has 0 saturated heterocycles. The lowest BCUT2D eigenvalue weighted by Gasteiger charge is -2.09. The van der Waals surface area contributed by atoms with E-state index >= 15 is 0 Å². The molecule has 0 aliphatic heterocycles. The fourth-order valence-corrected chi connectivity index (χ4v) is 1.70. The third kappa shape index (κ3) is 4.37. The second-order valence-electron chi connectivity index (χ2n) is 4.76. The lowest BCUT2D eigenvalue weighted by Crippen LogP contribution is -2.25. The van der Waals surface area contributed by atoms with Crippen molar-refractivity contribution in [1.29, 1.82) is 0 Å². The van der Waals surface area contributed by atoms with Gasteiger partial charge in [0, 0.05) is 6.54 Å². The minimum absolute atomic E-state index is 0.0304. The Bertz CT molecular complexity index is 405. The lowest BCUT2D eigenvalue weighted by molar-refractivity contribution is 0.0950. The Labute approximate surface area is 108 Å². The normalized spacial score (nSPS) is 12.2. The maximum atomic E-state index is 11.8. The number of nitrogens with one attached hydrogen (secondary N) is 1. The van der Waals surface area contributed by atoms with Crippen molar-refractivity contribution >= 4 is 5.91 Å². The van der Waals surface area contributed by atoms with Crippen molar-refractivity contribution in [2.45, 2.75) is 26.7 Å². The van der Waals surface area contributed by atoms with Crippen LogP contribution in [0, 0.1) is 12.8 Å². The summed E-state index contributed by atoms with van der Waals surface area (Å²) in [5.41, 5.74) is 6.78. The zero-order valence-electron chi connectivity index (χ0n) is 11.1. The summed E-state index contributed by atoms with van der Waals surface area (Å²) in [7, 11) is 0. The number of phenols is 1. The molecule has 4 N–H and O–H groups in total. The van der Waals surface area contributed by atoms with Crippen molar-refractivity contribution in [1.82, 2.24) is 5.32 Å². The van der Waals surface area contributed by atoms with E-state index in [2.05, 4.69) is 12.2 Å². The van der Waals surface area contributed by atoms with Crippen LogP contribution in [0.2, 0.25) is 0 Å². The first-order chi connectivity index (χ1) is 8.54. The Morgan fingerprint density at radius 2 is 2.22 bits per heavy atom. The number of aryl methyl sites for hydroxylation is 1. The molecule has 0 aromatic heterocycles. The summed E-state index contributed by atoms with van der Waals surface area (Å²) in [5, 5.41) is 12.5. The van der Waals surface area contributed by atoms with E-state index in [0.29, 0.717) is 24.6 Å². The molecule has 0 aliphatic rings. The molecule has 0 saturated carbocycles. The van der Waals surface area contributed by atoms with Crippen molar-refractivity contribution in [2.75, 3.05) is 13.1 Å². The van der Waals surface area contributed by atoms with E-state index in [4.69, 9.17) is 5.73 Å². The number of carbonyl (C=O) groups excluding carboxylic acids is 1. The average Bonchev–Trinajstić information content (AvgIpc) is 2.34. The third-order valence-corrected chi connectivity index (χ3v) is 2.96. The minimum atomic E-state index is -0.229. The first-order valence-corrected chi connectivity index (χ1v) is 6.32. The van der Waals surface area contributed by atoms with Gasteiger partial charge in [-0.2, -0.15) is 0 Å². The van der Waals surface area contributed by atoms with Crippen molar-refractivity contribution in [2.24, 2.45) is 11.7 Å². The van der Waals surface area contributed by atoms with Gasteiger partial charge in [-0.1, -0.05) is 13.0 Å². The number of amides is 1. The summed E-state index contributed by atoms with van der Waals surface area (Å²) in [4.78, 5) is 11.8. The van der Waals surface area contributed by atoms with Gasteiger partial charge in [0.25, 0.3) is 5.91 Å². The van der Waals surface area contributed by atoms with Crippen LogP contribution in [-0.2, 0) is 0 Å². The quantitative estimate of drug-likeness (QED) is 0.674. The van der Waals surface area contributed by atoms with Gasteiger partial charge in [0.05, 0.1) is 5.56 Å². The van der Waals surface area contributed by atoms with Crippen molar-refractivity contribution in [3.8, 4) is 5.75 Å². The van der Waals surface area contributed by atoms with Gasteiger partial charge >= 0.3 is 0 Å². The second-order valence-corrected chi connectivity index (χ2v) is 4.76. The van der Waals surface area contributed by atoms with E-state index < -0.39 is 0 Å². The van der Waals surface area contributed by atoms with E-state index in [-0.39, 0.29) is 11.7 Å². The summed E-state index contributed by atoms with van der Waals surface area (Å²) < 4.78 is 0. The van der Waals surface area contributed by atoms with Crippen LogP contribution in [0.5, 0.6) is 5.75 Å². The molecular formula is C14H22N2O2. The molecule has 1 aromatic carbocycles. The standard InChI is InChI=1S/C14H22N2O2/c1-10-5-6-12(13(17)8-10)14(18)16-7-3-4-11(2)9-15/h5-6,8,11,17H,3-4,7,9,15H2,1-2H3,(H,16,18). The van der Waals surface area contributed by atoms with Crippen LogP contribution in [0.1, 0.15) is 35.7 Å². The molecule has 18 heavy (non-hydrogen) atoms. The molecule has 0 heterocycles. The van der Waals surface area contributed by atoms with Gasteiger partial charge in [0.1, 0.15) is 5.75 Å². The second kappa shape index (κ2) is 7.01. The Kier molecular flexibility index (Phi) is 5.65. The minimum Gasteiger partial charge on any atom is -0.507 e. The van der Waals surface area contributed by atoms with Crippen LogP contribution in [0.4, 0.5) is 0 Å². The van der Waals surface area contributed by atoms with Crippen molar-refractivity contribution < 1.29 is 9.90 Å². The Balaban J connectivity index is 2.41. The highest BCUT2D eigenvalue weighted by Gasteiger charge is 2.10. The number of nitrogens with two attached hydrogens (primary N) is 1. The number of aromatic hydroxyl groups is 1. The summed E-state index contributed by atoms with van der Waals surface area (Å²) in [6.07, 6.45) is 1.90. The van der Waals surface area contributed by atoms with Crippen LogP contribution in [-0.4, -0.2) is 24.1 Å². The van der Waals surface area contributed by atoms with Crippen molar-refractivity contribution in [3.05, 3.63) is 29.3 Å². The largest absolute Gasteiger partial charge is 0.507 e. The number of hydrogen-bond donors (Lipinski definition) is 3. The third-order valence-electron chi connectivity index (χ3n) is 2.96. The molecule has 0 bridgehead atoms. The van der Waals surface area contributed by atoms with E-state index in [9.17, 15) is 9.90 Å². The van der Waals surface area contributed by atoms with Crippen LogP contribution >= 0.6 is 0 Å². The Morgan fingerprint density at radius 1 is 1.50 bits per heavy atom. The molecule has 1 rings (SSSR count). The molecule has 0 radical (unpaired) electrons. The van der Waals surface area contributed by atoms with Crippen LogP contribution in [0.15, 0.2) is 18.2 Å². The zero-order chi connectivity index (χ0) is 13.5. The predicted molar refractivity (Wildman–Crippen MR) is 72.6 cm³/mol. The maximum Gasteiger partial charge on any atom is 0.255 e. The van der Waals surface area contributed by atoms with E-state index in [1.807, 2.05) is 13.0 Å². The van der Waals surface area contributed by atoms with Gasteiger partial charge in [0.15, 0.2) is 0 Å². The van der Waals surface area contributed by atoms with E-state index in [1.54, 1.807) is 12.1 Å². The molecular weight excluding hydrogens is 228 g/mol. The first kappa shape index (κ1) is 14.5. The first-order valence-electron chi connectivity index (χ1n) is 6.32. The highest BCUT2D eigenvalue weighted by atomic mass is 16.3.